The van der Waals surface area contributed by atoms with Gasteiger partial charge in [-0.3, -0.25) is 9.78 Å². The number of benzene rings is 1. The van der Waals surface area contributed by atoms with Crippen LogP contribution in [0.15, 0.2) is 48.8 Å². The normalized spacial score (nSPS) is 10.9. The molecule has 0 radical (unpaired) electrons. The summed E-state index contributed by atoms with van der Waals surface area (Å²) in [5.41, 5.74) is 6.54. The van der Waals surface area contributed by atoms with Crippen molar-refractivity contribution in [2.75, 3.05) is 12.8 Å². The van der Waals surface area contributed by atoms with E-state index in [1.54, 1.807) is 22.9 Å². The first-order valence-corrected chi connectivity index (χ1v) is 10.4. The van der Waals surface area contributed by atoms with Gasteiger partial charge in [0.1, 0.15) is 0 Å². The van der Waals surface area contributed by atoms with Crippen LogP contribution in [0.25, 0.3) is 5.69 Å². The molecular weight excluding hydrogens is 368 g/mol. The van der Waals surface area contributed by atoms with E-state index in [4.69, 9.17) is 5.10 Å². The predicted octanol–water partition coefficient (Wildman–Crippen LogP) is 4.08. The molecule has 3 rings (SSSR count). The highest BCUT2D eigenvalue weighted by atomic mass is 32.2. The van der Waals surface area contributed by atoms with Crippen LogP contribution in [-0.2, 0) is 17.1 Å². The van der Waals surface area contributed by atoms with Crippen molar-refractivity contribution >= 4 is 17.7 Å². The van der Waals surface area contributed by atoms with E-state index in [1.165, 1.54) is 5.56 Å². The van der Waals surface area contributed by atoms with Crippen LogP contribution in [0.5, 0.6) is 0 Å². The number of aromatic nitrogens is 3. The summed E-state index contributed by atoms with van der Waals surface area (Å²) in [6, 6.07) is 12.2. The van der Waals surface area contributed by atoms with Crippen molar-refractivity contribution in [2.45, 2.75) is 33.1 Å². The molecule has 6 heteroatoms. The van der Waals surface area contributed by atoms with Gasteiger partial charge in [-0.15, -0.1) is 11.8 Å². The number of pyridine rings is 1. The molecule has 0 spiro atoms. The first-order valence-electron chi connectivity index (χ1n) is 9.29. The van der Waals surface area contributed by atoms with Crippen LogP contribution in [-0.4, -0.2) is 38.4 Å². The summed E-state index contributed by atoms with van der Waals surface area (Å²) in [6.07, 6.45) is 3.60. The fourth-order valence-corrected chi connectivity index (χ4v) is 4.02. The average molecular weight is 395 g/mol. The van der Waals surface area contributed by atoms with E-state index in [0.717, 1.165) is 34.0 Å². The second kappa shape index (κ2) is 9.06. The Morgan fingerprint density at radius 3 is 2.64 bits per heavy atom. The van der Waals surface area contributed by atoms with Gasteiger partial charge < -0.3 is 4.90 Å². The third-order valence-electron chi connectivity index (χ3n) is 4.82. The SMILES string of the molecule is Cc1ccccc1-n1nc(C)c(CN(C)C(=O)CSCc2cccnc2)c1C. The van der Waals surface area contributed by atoms with Crippen LogP contribution in [0.4, 0.5) is 0 Å². The fraction of sp³-hybridized carbons (Fsp3) is 0.318. The number of carbonyl (C=O) groups is 1. The van der Waals surface area contributed by atoms with Crippen molar-refractivity contribution in [2.24, 2.45) is 0 Å². The molecule has 0 atom stereocenters. The molecule has 0 bridgehead atoms. The van der Waals surface area contributed by atoms with Crippen LogP contribution in [0.1, 0.15) is 28.1 Å². The Morgan fingerprint density at radius 1 is 1.14 bits per heavy atom. The number of nitrogens with zero attached hydrogens (tertiary/aromatic N) is 4. The quantitative estimate of drug-likeness (QED) is 0.606. The number of aryl methyl sites for hydroxylation is 2. The lowest BCUT2D eigenvalue weighted by atomic mass is 10.1. The van der Waals surface area contributed by atoms with E-state index >= 15 is 0 Å². The van der Waals surface area contributed by atoms with Crippen molar-refractivity contribution in [1.82, 2.24) is 19.7 Å². The summed E-state index contributed by atoms with van der Waals surface area (Å²) in [4.78, 5) is 18.4. The Labute approximate surface area is 170 Å². The first-order chi connectivity index (χ1) is 13.5. The van der Waals surface area contributed by atoms with Crippen molar-refractivity contribution < 1.29 is 4.79 Å². The monoisotopic (exact) mass is 394 g/mol. The zero-order chi connectivity index (χ0) is 20.1. The van der Waals surface area contributed by atoms with Crippen molar-refractivity contribution in [3.63, 3.8) is 0 Å². The molecule has 0 fully saturated rings. The molecule has 0 aliphatic heterocycles. The van der Waals surface area contributed by atoms with Crippen LogP contribution in [0.2, 0.25) is 0 Å². The standard InChI is InChI=1S/C22H26N4OS/c1-16-8-5-6-10-21(16)26-18(3)20(17(2)24-26)13-25(4)22(27)15-28-14-19-9-7-11-23-12-19/h5-12H,13-15H2,1-4H3. The summed E-state index contributed by atoms with van der Waals surface area (Å²) < 4.78 is 1.98. The van der Waals surface area contributed by atoms with Crippen LogP contribution in [0.3, 0.4) is 0 Å². The topological polar surface area (TPSA) is 51.0 Å². The molecule has 2 heterocycles. The summed E-state index contributed by atoms with van der Waals surface area (Å²) in [5, 5.41) is 4.72. The van der Waals surface area contributed by atoms with Crippen LogP contribution >= 0.6 is 11.8 Å². The molecule has 1 amide bonds. The number of para-hydroxylation sites is 1. The molecule has 146 valence electrons. The second-order valence-electron chi connectivity index (χ2n) is 6.95. The number of hydrogen-bond donors (Lipinski definition) is 0. The zero-order valence-electron chi connectivity index (χ0n) is 16.8. The van der Waals surface area contributed by atoms with Gasteiger partial charge in [-0.05, 0) is 44.0 Å². The van der Waals surface area contributed by atoms with E-state index in [1.807, 2.05) is 49.1 Å². The molecule has 5 nitrogen and oxygen atoms in total. The van der Waals surface area contributed by atoms with Gasteiger partial charge in [-0.1, -0.05) is 24.3 Å². The lowest BCUT2D eigenvalue weighted by Gasteiger charge is -2.17. The van der Waals surface area contributed by atoms with E-state index < -0.39 is 0 Å². The Morgan fingerprint density at radius 2 is 1.93 bits per heavy atom. The number of rotatable bonds is 7. The maximum Gasteiger partial charge on any atom is 0.232 e. The Balaban J connectivity index is 1.64. The number of carbonyl (C=O) groups excluding carboxylic acids is 1. The molecule has 0 saturated heterocycles. The molecule has 28 heavy (non-hydrogen) atoms. The van der Waals surface area contributed by atoms with Crippen molar-refractivity contribution in [1.29, 1.82) is 0 Å². The molecule has 3 aromatic rings. The van der Waals surface area contributed by atoms with E-state index in [0.29, 0.717) is 12.3 Å². The Kier molecular flexibility index (Phi) is 6.52. The minimum atomic E-state index is 0.122. The maximum absolute atomic E-state index is 12.6. The third kappa shape index (κ3) is 4.62. The molecular formula is C22H26N4OS. The maximum atomic E-state index is 12.6. The lowest BCUT2D eigenvalue weighted by molar-refractivity contribution is -0.127. The predicted molar refractivity (Wildman–Crippen MR) is 115 cm³/mol. The highest BCUT2D eigenvalue weighted by Gasteiger charge is 2.18. The zero-order valence-corrected chi connectivity index (χ0v) is 17.7. The highest BCUT2D eigenvalue weighted by molar-refractivity contribution is 7.99. The number of hydrogen-bond acceptors (Lipinski definition) is 4. The average Bonchev–Trinajstić information content (AvgIpc) is 2.97. The van der Waals surface area contributed by atoms with Crippen LogP contribution < -0.4 is 0 Å². The van der Waals surface area contributed by atoms with E-state index in [2.05, 4.69) is 31.0 Å². The van der Waals surface area contributed by atoms with Gasteiger partial charge >= 0.3 is 0 Å². The molecule has 0 aliphatic carbocycles. The molecule has 2 aromatic heterocycles. The van der Waals surface area contributed by atoms with E-state index in [-0.39, 0.29) is 5.91 Å². The van der Waals surface area contributed by atoms with Crippen molar-refractivity contribution in [3.05, 3.63) is 76.9 Å². The van der Waals surface area contributed by atoms with Gasteiger partial charge in [0.05, 0.1) is 17.1 Å². The Hall–Kier alpha value is -2.60. The minimum absolute atomic E-state index is 0.122. The van der Waals surface area contributed by atoms with Gasteiger partial charge in [0, 0.05) is 43.0 Å². The lowest BCUT2D eigenvalue weighted by Crippen LogP contribution is -2.28. The molecule has 0 unspecified atom stereocenters. The molecule has 0 N–H and O–H groups in total. The fourth-order valence-electron chi connectivity index (χ4n) is 3.11. The van der Waals surface area contributed by atoms with Gasteiger partial charge in [0.25, 0.3) is 0 Å². The molecule has 1 aromatic carbocycles. The minimum Gasteiger partial charge on any atom is -0.341 e. The largest absolute Gasteiger partial charge is 0.341 e. The van der Waals surface area contributed by atoms with Gasteiger partial charge in [0.2, 0.25) is 5.91 Å². The number of amides is 1. The highest BCUT2D eigenvalue weighted by Crippen LogP contribution is 2.22. The van der Waals surface area contributed by atoms with Crippen molar-refractivity contribution in [3.8, 4) is 5.69 Å². The smallest absolute Gasteiger partial charge is 0.232 e. The summed E-state index contributed by atoms with van der Waals surface area (Å²) in [6.45, 7) is 6.72. The summed E-state index contributed by atoms with van der Waals surface area (Å²) in [7, 11) is 1.86. The number of thioether (sulfide) groups is 1. The Bertz CT molecular complexity index is 952. The molecule has 0 saturated carbocycles. The van der Waals surface area contributed by atoms with Gasteiger partial charge in [0.15, 0.2) is 0 Å². The summed E-state index contributed by atoms with van der Waals surface area (Å²) >= 11 is 1.61. The first kappa shape index (κ1) is 20.1. The van der Waals surface area contributed by atoms with Gasteiger partial charge in [-0.2, -0.15) is 5.10 Å². The van der Waals surface area contributed by atoms with Gasteiger partial charge in [-0.25, -0.2) is 4.68 Å². The molecule has 0 aliphatic rings. The third-order valence-corrected chi connectivity index (χ3v) is 5.81. The van der Waals surface area contributed by atoms with Crippen LogP contribution in [0, 0.1) is 20.8 Å². The second-order valence-corrected chi connectivity index (χ2v) is 7.94. The van der Waals surface area contributed by atoms with E-state index in [9.17, 15) is 4.79 Å². The summed E-state index contributed by atoms with van der Waals surface area (Å²) in [5.74, 6) is 1.36.